The largest absolute Gasteiger partial charge is 0.469 e. The Morgan fingerprint density at radius 3 is 2.75 bits per heavy atom. The first-order chi connectivity index (χ1) is 15.2. The third-order valence-electron chi connectivity index (χ3n) is 5.59. The summed E-state index contributed by atoms with van der Waals surface area (Å²) in [5.41, 5.74) is 1.34. The molecule has 4 rings (SSSR count). The summed E-state index contributed by atoms with van der Waals surface area (Å²) in [4.78, 5) is 20.2. The van der Waals surface area contributed by atoms with Crippen molar-refractivity contribution in [2.75, 3.05) is 13.1 Å². The van der Waals surface area contributed by atoms with Crippen LogP contribution in [0.5, 0.6) is 0 Å². The third-order valence-corrected chi connectivity index (χ3v) is 8.31. The number of carbonyl (C=O) groups excluding carboxylic acids is 1. The number of hydrogen-bond acceptors (Lipinski definition) is 6. The summed E-state index contributed by atoms with van der Waals surface area (Å²) >= 11 is 1.32. The molecule has 3 aromatic heterocycles. The second-order valence-electron chi connectivity index (χ2n) is 8.26. The van der Waals surface area contributed by atoms with Gasteiger partial charge in [-0.2, -0.15) is 0 Å². The minimum Gasteiger partial charge on any atom is -0.469 e. The molecule has 0 saturated carbocycles. The fourth-order valence-corrected chi connectivity index (χ4v) is 6.35. The van der Waals surface area contributed by atoms with E-state index in [0.717, 1.165) is 38.1 Å². The van der Waals surface area contributed by atoms with Crippen LogP contribution >= 0.6 is 11.3 Å². The number of aromatic nitrogens is 2. The molecule has 1 fully saturated rings. The molecule has 0 radical (unpaired) electrons. The molecule has 1 atom stereocenters. The van der Waals surface area contributed by atoms with E-state index in [0.29, 0.717) is 27.7 Å². The number of hydrogen-bond donors (Lipinski definition) is 1. The van der Waals surface area contributed by atoms with Crippen LogP contribution in [0, 0.1) is 6.92 Å². The van der Waals surface area contributed by atoms with Gasteiger partial charge in [-0.05, 0) is 51.3 Å². The van der Waals surface area contributed by atoms with Crippen molar-refractivity contribution in [1.29, 1.82) is 0 Å². The van der Waals surface area contributed by atoms with Gasteiger partial charge in [0.05, 0.1) is 17.7 Å². The third kappa shape index (κ3) is 4.82. The summed E-state index contributed by atoms with van der Waals surface area (Å²) in [6, 6.07) is 4.87. The minimum atomic E-state index is -3.72. The lowest BCUT2D eigenvalue weighted by molar-refractivity contribution is 0.0728. The molecular weight excluding hydrogens is 448 g/mol. The molecule has 4 heterocycles. The van der Waals surface area contributed by atoms with Gasteiger partial charge in [-0.15, -0.1) is 11.3 Å². The van der Waals surface area contributed by atoms with Gasteiger partial charge in [0.15, 0.2) is 0 Å². The molecule has 1 saturated heterocycles. The Morgan fingerprint density at radius 2 is 2.06 bits per heavy atom. The van der Waals surface area contributed by atoms with E-state index in [1.54, 1.807) is 43.1 Å². The standard InChI is InChI=1S/C22H28N4O4S2/c1-15(12-17-8-7-11-30-17)24-32(28,29)18-13-19(25(3)14-18)21-23-16(2)20(31-21)22(27)26-9-5-4-6-10-26/h7-8,11,13-15,24H,4-6,9-10,12H2,1-3H3/t15-/m0/s1. The number of thiazole rings is 1. The van der Waals surface area contributed by atoms with Crippen LogP contribution in [0.4, 0.5) is 0 Å². The highest BCUT2D eigenvalue weighted by molar-refractivity contribution is 7.89. The Kier molecular flexibility index (Phi) is 6.55. The quantitative estimate of drug-likeness (QED) is 0.562. The number of aryl methyl sites for hydroxylation is 2. The Balaban J connectivity index is 1.53. The number of amides is 1. The maximum atomic E-state index is 12.9. The number of piperidine rings is 1. The molecule has 3 aromatic rings. The number of furan rings is 1. The molecular formula is C22H28N4O4S2. The zero-order chi connectivity index (χ0) is 22.9. The maximum Gasteiger partial charge on any atom is 0.265 e. The molecule has 8 nitrogen and oxygen atoms in total. The van der Waals surface area contributed by atoms with E-state index in [-0.39, 0.29) is 16.8 Å². The van der Waals surface area contributed by atoms with Gasteiger partial charge in [-0.1, -0.05) is 0 Å². The summed E-state index contributed by atoms with van der Waals surface area (Å²) in [7, 11) is -1.94. The number of likely N-dealkylation sites (tertiary alicyclic amines) is 1. The van der Waals surface area contributed by atoms with E-state index in [1.807, 2.05) is 17.9 Å². The van der Waals surface area contributed by atoms with Crippen molar-refractivity contribution in [3.05, 3.63) is 47.0 Å². The van der Waals surface area contributed by atoms with Gasteiger partial charge in [0.2, 0.25) is 10.0 Å². The number of nitrogens with one attached hydrogen (secondary N) is 1. The minimum absolute atomic E-state index is 0.0152. The second-order valence-corrected chi connectivity index (χ2v) is 11.0. The average Bonchev–Trinajstić information content (AvgIpc) is 3.48. The molecule has 1 aliphatic heterocycles. The summed E-state index contributed by atoms with van der Waals surface area (Å²) in [5.74, 6) is 0.736. The molecule has 1 N–H and O–H groups in total. The van der Waals surface area contributed by atoms with Gasteiger partial charge in [-0.3, -0.25) is 4.79 Å². The Bertz CT molecular complexity index is 1190. The lowest BCUT2D eigenvalue weighted by Crippen LogP contribution is -2.35. The normalized spacial score (nSPS) is 15.8. The first-order valence-electron chi connectivity index (χ1n) is 10.7. The van der Waals surface area contributed by atoms with Gasteiger partial charge in [-0.25, -0.2) is 18.1 Å². The van der Waals surface area contributed by atoms with Crippen molar-refractivity contribution >= 4 is 27.3 Å². The van der Waals surface area contributed by atoms with Crippen LogP contribution in [0.2, 0.25) is 0 Å². The van der Waals surface area contributed by atoms with Gasteiger partial charge in [0.25, 0.3) is 5.91 Å². The van der Waals surface area contributed by atoms with Gasteiger partial charge in [0, 0.05) is 38.8 Å². The van der Waals surface area contributed by atoms with Gasteiger partial charge in [0.1, 0.15) is 20.5 Å². The van der Waals surface area contributed by atoms with Crippen molar-refractivity contribution in [1.82, 2.24) is 19.2 Å². The van der Waals surface area contributed by atoms with Crippen molar-refractivity contribution < 1.29 is 17.6 Å². The van der Waals surface area contributed by atoms with Crippen molar-refractivity contribution in [3.8, 4) is 10.7 Å². The van der Waals surface area contributed by atoms with E-state index in [9.17, 15) is 13.2 Å². The highest BCUT2D eigenvalue weighted by Crippen LogP contribution is 2.31. The molecule has 10 heteroatoms. The second kappa shape index (κ2) is 9.21. The van der Waals surface area contributed by atoms with Crippen LogP contribution in [0.1, 0.15) is 47.3 Å². The Hall–Kier alpha value is -2.43. The van der Waals surface area contributed by atoms with E-state index >= 15 is 0 Å². The first kappa shape index (κ1) is 22.8. The predicted molar refractivity (Wildman–Crippen MR) is 123 cm³/mol. The molecule has 172 valence electrons. The van der Waals surface area contributed by atoms with Crippen LogP contribution in [-0.4, -0.2) is 47.9 Å². The smallest absolute Gasteiger partial charge is 0.265 e. The van der Waals surface area contributed by atoms with Crippen LogP contribution in [0.25, 0.3) is 10.7 Å². The molecule has 0 unspecified atom stereocenters. The molecule has 0 aliphatic carbocycles. The van der Waals surface area contributed by atoms with Gasteiger partial charge < -0.3 is 13.9 Å². The fraction of sp³-hybridized carbons (Fsp3) is 0.455. The summed E-state index contributed by atoms with van der Waals surface area (Å²) in [5, 5.41) is 0.635. The highest BCUT2D eigenvalue weighted by atomic mass is 32.2. The summed E-state index contributed by atoms with van der Waals surface area (Å²) in [6.45, 7) is 5.18. The molecule has 0 aromatic carbocycles. The van der Waals surface area contributed by atoms with Crippen molar-refractivity contribution in [2.24, 2.45) is 7.05 Å². The maximum absolute atomic E-state index is 12.9. The molecule has 1 amide bonds. The lowest BCUT2D eigenvalue weighted by Gasteiger charge is -2.26. The Morgan fingerprint density at radius 1 is 1.31 bits per heavy atom. The van der Waals surface area contributed by atoms with Gasteiger partial charge >= 0.3 is 0 Å². The number of sulfonamides is 1. The summed E-state index contributed by atoms with van der Waals surface area (Å²) in [6.07, 6.45) is 6.81. The Labute approximate surface area is 192 Å². The average molecular weight is 477 g/mol. The molecule has 0 spiro atoms. The zero-order valence-corrected chi connectivity index (χ0v) is 20.1. The van der Waals surface area contributed by atoms with E-state index in [1.165, 1.54) is 11.3 Å². The molecule has 32 heavy (non-hydrogen) atoms. The number of carbonyl (C=O) groups is 1. The van der Waals surface area contributed by atoms with Crippen LogP contribution in [0.15, 0.2) is 40.0 Å². The fourth-order valence-electron chi connectivity index (χ4n) is 3.94. The predicted octanol–water partition coefficient (Wildman–Crippen LogP) is 3.59. The number of rotatable bonds is 7. The van der Waals surface area contributed by atoms with Crippen LogP contribution in [-0.2, 0) is 23.5 Å². The van der Waals surface area contributed by atoms with E-state index in [2.05, 4.69) is 9.71 Å². The number of nitrogens with zero attached hydrogens (tertiary/aromatic N) is 3. The molecule has 1 aliphatic rings. The van der Waals surface area contributed by atoms with E-state index in [4.69, 9.17) is 4.42 Å². The lowest BCUT2D eigenvalue weighted by atomic mass is 10.1. The van der Waals surface area contributed by atoms with Crippen LogP contribution < -0.4 is 4.72 Å². The monoisotopic (exact) mass is 476 g/mol. The van der Waals surface area contributed by atoms with Crippen molar-refractivity contribution in [2.45, 2.75) is 50.5 Å². The van der Waals surface area contributed by atoms with Crippen molar-refractivity contribution in [3.63, 3.8) is 0 Å². The highest BCUT2D eigenvalue weighted by Gasteiger charge is 2.26. The summed E-state index contributed by atoms with van der Waals surface area (Å²) < 4.78 is 35.6. The topological polar surface area (TPSA) is 97.4 Å². The first-order valence-corrected chi connectivity index (χ1v) is 13.0. The van der Waals surface area contributed by atoms with Crippen LogP contribution in [0.3, 0.4) is 0 Å². The zero-order valence-electron chi connectivity index (χ0n) is 18.5. The molecule has 0 bridgehead atoms. The SMILES string of the molecule is Cc1nc(-c2cc(S(=O)(=O)N[C@@H](C)Cc3ccco3)cn2C)sc1C(=O)N1CCCCC1. The van der Waals surface area contributed by atoms with E-state index < -0.39 is 10.0 Å².